The van der Waals surface area contributed by atoms with Gasteiger partial charge in [0.2, 0.25) is 5.91 Å². The van der Waals surface area contributed by atoms with Crippen LogP contribution in [0.1, 0.15) is 27.7 Å². The first-order valence-corrected chi connectivity index (χ1v) is 13.6. The number of rotatable bonds is 5. The van der Waals surface area contributed by atoms with E-state index in [4.69, 9.17) is 8.85 Å². The first-order valence-electron chi connectivity index (χ1n) is 7.44. The minimum atomic E-state index is -1.70. The van der Waals surface area contributed by atoms with E-state index in [9.17, 15) is 4.79 Å². The van der Waals surface area contributed by atoms with Gasteiger partial charge in [-0.25, -0.2) is 0 Å². The van der Waals surface area contributed by atoms with E-state index in [-0.39, 0.29) is 23.5 Å². The molecule has 0 bridgehead atoms. The molecule has 0 unspecified atom stereocenters. The molecule has 1 amide bonds. The number of carbonyl (C=O) groups is 1. The Balaban J connectivity index is 3.03. The van der Waals surface area contributed by atoms with Gasteiger partial charge < -0.3 is 14.2 Å². The SMILES string of the molecule is C[SiH](C)O[C@](C)([C@H]1C(=O)N[C@@H]1O[Si](C)(C)C)C(C)(C)C. The number of hydrogen-bond acceptors (Lipinski definition) is 3. The van der Waals surface area contributed by atoms with Crippen LogP contribution in [0, 0.1) is 11.3 Å². The van der Waals surface area contributed by atoms with Crippen LogP contribution in [-0.4, -0.2) is 35.1 Å². The Morgan fingerprint density at radius 3 is 1.95 bits per heavy atom. The van der Waals surface area contributed by atoms with Crippen LogP contribution >= 0.6 is 0 Å². The van der Waals surface area contributed by atoms with E-state index in [0.717, 1.165) is 0 Å². The van der Waals surface area contributed by atoms with Crippen molar-refractivity contribution in [2.75, 3.05) is 0 Å². The summed E-state index contributed by atoms with van der Waals surface area (Å²) in [6.07, 6.45) is -0.203. The van der Waals surface area contributed by atoms with Crippen molar-refractivity contribution in [3.8, 4) is 0 Å². The lowest BCUT2D eigenvalue weighted by Crippen LogP contribution is -2.72. The molecule has 0 aromatic rings. The smallest absolute Gasteiger partial charge is 0.232 e. The van der Waals surface area contributed by atoms with Crippen molar-refractivity contribution < 1.29 is 13.6 Å². The lowest BCUT2D eigenvalue weighted by Gasteiger charge is -2.55. The van der Waals surface area contributed by atoms with Crippen molar-refractivity contribution in [1.29, 1.82) is 0 Å². The highest BCUT2D eigenvalue weighted by Crippen LogP contribution is 2.45. The van der Waals surface area contributed by atoms with Crippen LogP contribution in [0.25, 0.3) is 0 Å². The molecular weight excluding hydrogens is 286 g/mol. The largest absolute Gasteiger partial charge is 0.414 e. The monoisotopic (exact) mass is 317 g/mol. The summed E-state index contributed by atoms with van der Waals surface area (Å²) < 4.78 is 12.5. The van der Waals surface area contributed by atoms with E-state index in [1.807, 2.05) is 0 Å². The van der Waals surface area contributed by atoms with Gasteiger partial charge in [-0.2, -0.15) is 0 Å². The molecule has 0 aromatic heterocycles. The van der Waals surface area contributed by atoms with E-state index in [1.165, 1.54) is 0 Å². The standard InChI is InChI=1S/C14H31NO3Si2/c1-13(2,3)14(4,18-19(5)6)10-11(16)15-12(10)17-20(7,8)9/h10,12,19H,1-9H3,(H,15,16)/t10-,12+,14+/m0/s1. The summed E-state index contributed by atoms with van der Waals surface area (Å²) >= 11 is 0. The quantitative estimate of drug-likeness (QED) is 0.626. The van der Waals surface area contributed by atoms with Crippen molar-refractivity contribution in [3.63, 3.8) is 0 Å². The highest BCUT2D eigenvalue weighted by molar-refractivity contribution is 6.69. The Bertz CT molecular complexity index is 374. The molecular formula is C14H31NO3Si2. The maximum atomic E-state index is 12.2. The highest BCUT2D eigenvalue weighted by Gasteiger charge is 2.58. The van der Waals surface area contributed by atoms with Gasteiger partial charge in [0.25, 0.3) is 0 Å². The van der Waals surface area contributed by atoms with E-state index >= 15 is 0 Å². The molecule has 1 saturated heterocycles. The fourth-order valence-electron chi connectivity index (χ4n) is 2.58. The summed E-state index contributed by atoms with van der Waals surface area (Å²) in [5.41, 5.74) is -0.603. The number of hydrogen-bond donors (Lipinski definition) is 1. The lowest BCUT2D eigenvalue weighted by atomic mass is 9.67. The van der Waals surface area contributed by atoms with E-state index in [2.05, 4.69) is 65.7 Å². The van der Waals surface area contributed by atoms with Crippen LogP contribution in [0.2, 0.25) is 32.7 Å². The van der Waals surface area contributed by atoms with Gasteiger partial charge in [-0.3, -0.25) is 4.79 Å². The topological polar surface area (TPSA) is 47.6 Å². The lowest BCUT2D eigenvalue weighted by molar-refractivity contribution is -0.177. The Morgan fingerprint density at radius 1 is 1.15 bits per heavy atom. The highest BCUT2D eigenvalue weighted by atomic mass is 28.4. The first-order chi connectivity index (χ1) is 8.78. The molecule has 1 rings (SSSR count). The average Bonchev–Trinajstić information content (AvgIpc) is 2.10. The van der Waals surface area contributed by atoms with Crippen LogP contribution in [0.5, 0.6) is 0 Å². The first kappa shape index (κ1) is 17.9. The minimum absolute atomic E-state index is 0.0559. The minimum Gasteiger partial charge on any atom is -0.414 e. The molecule has 1 fully saturated rings. The molecule has 0 radical (unpaired) electrons. The van der Waals surface area contributed by atoms with Gasteiger partial charge in [0.05, 0.1) is 5.60 Å². The van der Waals surface area contributed by atoms with Crippen LogP contribution in [0.15, 0.2) is 0 Å². The van der Waals surface area contributed by atoms with Gasteiger partial charge in [0, 0.05) is 0 Å². The van der Waals surface area contributed by atoms with Crippen LogP contribution in [0.4, 0.5) is 0 Å². The Labute approximate surface area is 126 Å². The molecule has 20 heavy (non-hydrogen) atoms. The molecule has 1 N–H and O–H groups in total. The molecule has 0 aromatic carbocycles. The second-order valence-corrected chi connectivity index (χ2v) is 15.0. The molecule has 118 valence electrons. The summed E-state index contributed by atoms with van der Waals surface area (Å²) in [6.45, 7) is 19.2. The molecule has 1 aliphatic rings. The second kappa shape index (κ2) is 5.55. The third-order valence-corrected chi connectivity index (χ3v) is 5.84. The third-order valence-electron chi connectivity index (χ3n) is 3.91. The predicted octanol–water partition coefficient (Wildman–Crippen LogP) is 2.71. The third kappa shape index (κ3) is 3.72. The molecule has 0 saturated carbocycles. The fourth-order valence-corrected chi connectivity index (χ4v) is 5.01. The van der Waals surface area contributed by atoms with Gasteiger partial charge >= 0.3 is 0 Å². The molecule has 6 heteroatoms. The molecule has 1 aliphatic heterocycles. The van der Waals surface area contributed by atoms with E-state index in [1.54, 1.807) is 0 Å². The Kier molecular flexibility index (Phi) is 4.96. The molecule has 1 heterocycles. The van der Waals surface area contributed by atoms with Crippen molar-refractivity contribution >= 4 is 23.3 Å². The van der Waals surface area contributed by atoms with Gasteiger partial charge in [0.15, 0.2) is 17.4 Å². The summed E-state index contributed by atoms with van der Waals surface area (Å²) in [6, 6.07) is 0. The normalized spacial score (nSPS) is 27.0. The Morgan fingerprint density at radius 2 is 1.65 bits per heavy atom. The summed E-state index contributed by atoms with van der Waals surface area (Å²) in [5, 5.41) is 2.91. The molecule has 0 aliphatic carbocycles. The van der Waals surface area contributed by atoms with Crippen molar-refractivity contribution in [3.05, 3.63) is 0 Å². The molecule has 4 nitrogen and oxygen atoms in total. The van der Waals surface area contributed by atoms with Crippen LogP contribution in [0.3, 0.4) is 0 Å². The fraction of sp³-hybridized carbons (Fsp3) is 0.929. The number of amides is 1. The zero-order valence-corrected chi connectivity index (χ0v) is 16.6. The van der Waals surface area contributed by atoms with Gasteiger partial charge in [-0.15, -0.1) is 0 Å². The van der Waals surface area contributed by atoms with Gasteiger partial charge in [-0.05, 0) is 45.1 Å². The van der Waals surface area contributed by atoms with Crippen molar-refractivity contribution in [2.45, 2.75) is 72.3 Å². The maximum Gasteiger partial charge on any atom is 0.232 e. The molecule has 0 spiro atoms. The van der Waals surface area contributed by atoms with Gasteiger partial charge in [0.1, 0.15) is 12.1 Å². The van der Waals surface area contributed by atoms with Crippen LogP contribution < -0.4 is 5.32 Å². The summed E-state index contributed by atoms with van der Waals surface area (Å²) in [5.74, 6) is -0.163. The second-order valence-electron chi connectivity index (χ2n) is 8.16. The summed E-state index contributed by atoms with van der Waals surface area (Å²) in [7, 11) is -2.96. The average molecular weight is 318 g/mol. The van der Waals surface area contributed by atoms with E-state index < -0.39 is 23.0 Å². The molecule has 3 atom stereocenters. The summed E-state index contributed by atoms with van der Waals surface area (Å²) in [4.78, 5) is 12.2. The number of carbonyl (C=O) groups excluding carboxylic acids is 1. The zero-order valence-electron chi connectivity index (χ0n) is 14.5. The van der Waals surface area contributed by atoms with Crippen molar-refractivity contribution in [1.82, 2.24) is 5.32 Å². The predicted molar refractivity (Wildman–Crippen MR) is 87.7 cm³/mol. The zero-order chi connectivity index (χ0) is 15.9. The number of nitrogens with one attached hydrogen (secondary N) is 1. The van der Waals surface area contributed by atoms with Gasteiger partial charge in [-0.1, -0.05) is 20.8 Å². The van der Waals surface area contributed by atoms with Crippen molar-refractivity contribution in [2.24, 2.45) is 11.3 Å². The van der Waals surface area contributed by atoms with E-state index in [0.29, 0.717) is 0 Å². The maximum absolute atomic E-state index is 12.2. The Hall–Kier alpha value is -0.176. The number of β-lactam (4-membered cyclic amide) rings is 1. The van der Waals surface area contributed by atoms with Crippen LogP contribution in [-0.2, 0) is 13.6 Å².